The van der Waals surface area contributed by atoms with Crippen molar-refractivity contribution < 1.29 is 14.3 Å². The number of nitrogens with zero attached hydrogens (tertiary/aromatic N) is 3. The Morgan fingerprint density at radius 3 is 2.68 bits per heavy atom. The highest BCUT2D eigenvalue weighted by Crippen LogP contribution is 2.24. The van der Waals surface area contributed by atoms with Crippen LogP contribution in [0.5, 0.6) is 0 Å². The van der Waals surface area contributed by atoms with Crippen LogP contribution in [0, 0.1) is 13.8 Å². The highest BCUT2D eigenvalue weighted by molar-refractivity contribution is 5.91. The standard InChI is InChI=1S/C21H28N4O3/c1-15-6-8-17(9-7-15)25-19(13-16(2)23-25)22-20(26)14-24-10-4-3-5-18(24)21-27-11-12-28-21/h6-9,13,18,21H,3-5,10-12,14H2,1-2H3,(H,22,26). The van der Waals surface area contributed by atoms with E-state index in [0.717, 1.165) is 37.2 Å². The monoisotopic (exact) mass is 384 g/mol. The number of aryl methyl sites for hydroxylation is 2. The summed E-state index contributed by atoms with van der Waals surface area (Å²) in [7, 11) is 0. The summed E-state index contributed by atoms with van der Waals surface area (Å²) in [5.41, 5.74) is 2.97. The number of ether oxygens (including phenoxy) is 2. The summed E-state index contributed by atoms with van der Waals surface area (Å²) < 4.78 is 13.2. The van der Waals surface area contributed by atoms with Crippen LogP contribution in [0.15, 0.2) is 30.3 Å². The summed E-state index contributed by atoms with van der Waals surface area (Å²) in [5.74, 6) is 0.645. The second-order valence-electron chi connectivity index (χ2n) is 7.61. The fraction of sp³-hybridized carbons (Fsp3) is 0.524. The van der Waals surface area contributed by atoms with Crippen LogP contribution < -0.4 is 5.32 Å². The van der Waals surface area contributed by atoms with Crippen molar-refractivity contribution in [3.8, 4) is 5.69 Å². The molecule has 2 saturated heterocycles. The highest BCUT2D eigenvalue weighted by Gasteiger charge is 2.34. The third-order valence-electron chi connectivity index (χ3n) is 5.35. The molecule has 7 nitrogen and oxygen atoms in total. The van der Waals surface area contributed by atoms with Crippen molar-refractivity contribution >= 4 is 11.7 Å². The molecule has 1 amide bonds. The normalized spacial score (nSPS) is 21.1. The first-order valence-corrected chi connectivity index (χ1v) is 10.0. The van der Waals surface area contributed by atoms with Gasteiger partial charge in [0, 0.05) is 6.07 Å². The Bertz CT molecular complexity index is 812. The molecular weight excluding hydrogens is 356 g/mol. The van der Waals surface area contributed by atoms with Gasteiger partial charge in [-0.25, -0.2) is 4.68 Å². The Balaban J connectivity index is 1.45. The minimum Gasteiger partial charge on any atom is -0.349 e. The molecule has 2 aliphatic rings. The fourth-order valence-corrected chi connectivity index (χ4v) is 3.96. The van der Waals surface area contributed by atoms with Crippen molar-refractivity contribution in [1.82, 2.24) is 14.7 Å². The van der Waals surface area contributed by atoms with E-state index in [-0.39, 0.29) is 18.2 Å². The number of hydrogen-bond donors (Lipinski definition) is 1. The number of hydrogen-bond acceptors (Lipinski definition) is 5. The average molecular weight is 384 g/mol. The number of carbonyl (C=O) groups is 1. The first-order chi connectivity index (χ1) is 13.6. The molecule has 0 aliphatic carbocycles. The van der Waals surface area contributed by atoms with Gasteiger partial charge in [0.25, 0.3) is 0 Å². The molecule has 0 radical (unpaired) electrons. The van der Waals surface area contributed by atoms with Crippen molar-refractivity contribution in [1.29, 1.82) is 0 Å². The molecular formula is C21H28N4O3. The fourth-order valence-electron chi connectivity index (χ4n) is 3.96. The topological polar surface area (TPSA) is 68.6 Å². The van der Waals surface area contributed by atoms with Crippen LogP contribution >= 0.6 is 0 Å². The van der Waals surface area contributed by atoms with E-state index < -0.39 is 0 Å². The Morgan fingerprint density at radius 1 is 1.18 bits per heavy atom. The molecule has 3 heterocycles. The maximum atomic E-state index is 12.8. The van der Waals surface area contributed by atoms with E-state index in [1.165, 1.54) is 5.56 Å². The molecule has 150 valence electrons. The third-order valence-corrected chi connectivity index (χ3v) is 5.35. The average Bonchev–Trinajstić information content (AvgIpc) is 3.33. The number of carbonyl (C=O) groups excluding carboxylic acids is 1. The number of aromatic nitrogens is 2. The van der Waals surface area contributed by atoms with E-state index in [4.69, 9.17) is 9.47 Å². The maximum absolute atomic E-state index is 12.8. The van der Waals surface area contributed by atoms with Gasteiger partial charge in [-0.15, -0.1) is 0 Å². The molecule has 2 fully saturated rings. The van der Waals surface area contributed by atoms with Crippen LogP contribution in [0.2, 0.25) is 0 Å². The van der Waals surface area contributed by atoms with Crippen LogP contribution in [-0.2, 0) is 14.3 Å². The van der Waals surface area contributed by atoms with Crippen LogP contribution in [0.3, 0.4) is 0 Å². The van der Waals surface area contributed by atoms with Gasteiger partial charge in [0.2, 0.25) is 5.91 Å². The van der Waals surface area contributed by atoms with Crippen LogP contribution in [0.4, 0.5) is 5.82 Å². The van der Waals surface area contributed by atoms with Gasteiger partial charge in [-0.2, -0.15) is 5.10 Å². The lowest BCUT2D eigenvalue weighted by Crippen LogP contribution is -2.50. The Kier molecular flexibility index (Phi) is 5.75. The quantitative estimate of drug-likeness (QED) is 0.858. The summed E-state index contributed by atoms with van der Waals surface area (Å²) in [6.07, 6.45) is 3.02. The number of nitrogens with one attached hydrogen (secondary N) is 1. The van der Waals surface area contributed by atoms with E-state index in [1.807, 2.05) is 44.2 Å². The van der Waals surface area contributed by atoms with Crippen molar-refractivity contribution in [2.75, 3.05) is 31.6 Å². The minimum absolute atomic E-state index is 0.0434. The van der Waals surface area contributed by atoms with Crippen LogP contribution in [0.1, 0.15) is 30.5 Å². The lowest BCUT2D eigenvalue weighted by atomic mass is 10.0. The summed E-state index contributed by atoms with van der Waals surface area (Å²) in [4.78, 5) is 15.0. The summed E-state index contributed by atoms with van der Waals surface area (Å²) >= 11 is 0. The molecule has 4 rings (SSSR count). The Morgan fingerprint density at radius 2 is 1.93 bits per heavy atom. The zero-order chi connectivity index (χ0) is 19.5. The van der Waals surface area contributed by atoms with E-state index in [2.05, 4.69) is 15.3 Å². The van der Waals surface area contributed by atoms with Gasteiger partial charge in [-0.1, -0.05) is 24.1 Å². The van der Waals surface area contributed by atoms with Gasteiger partial charge < -0.3 is 14.8 Å². The van der Waals surface area contributed by atoms with E-state index >= 15 is 0 Å². The van der Waals surface area contributed by atoms with Gasteiger partial charge in [-0.05, 0) is 45.4 Å². The lowest BCUT2D eigenvalue weighted by Gasteiger charge is -2.37. The molecule has 0 saturated carbocycles. The highest BCUT2D eigenvalue weighted by atomic mass is 16.7. The van der Waals surface area contributed by atoms with Crippen LogP contribution in [0.25, 0.3) is 5.69 Å². The molecule has 7 heteroatoms. The molecule has 28 heavy (non-hydrogen) atoms. The van der Waals surface area contributed by atoms with Gasteiger partial charge in [-0.3, -0.25) is 9.69 Å². The van der Waals surface area contributed by atoms with Gasteiger partial charge in [0.15, 0.2) is 6.29 Å². The van der Waals surface area contributed by atoms with E-state index in [1.54, 1.807) is 4.68 Å². The number of rotatable bonds is 5. The molecule has 1 unspecified atom stereocenters. The molecule has 0 bridgehead atoms. The van der Waals surface area contributed by atoms with Crippen molar-refractivity contribution in [2.24, 2.45) is 0 Å². The Hall–Kier alpha value is -2.22. The largest absolute Gasteiger partial charge is 0.349 e. The Labute approximate surface area is 165 Å². The first kappa shape index (κ1) is 19.1. The summed E-state index contributed by atoms with van der Waals surface area (Å²) in [6.45, 7) is 6.46. The van der Waals surface area contributed by atoms with E-state index in [9.17, 15) is 4.79 Å². The second-order valence-corrected chi connectivity index (χ2v) is 7.61. The number of likely N-dealkylation sites (tertiary alicyclic amines) is 1. The predicted molar refractivity (Wildman–Crippen MR) is 107 cm³/mol. The van der Waals surface area contributed by atoms with Crippen LogP contribution in [-0.4, -0.2) is 59.2 Å². The summed E-state index contributed by atoms with van der Waals surface area (Å²) in [6, 6.07) is 10.1. The zero-order valence-electron chi connectivity index (χ0n) is 16.6. The van der Waals surface area contributed by atoms with Crippen molar-refractivity contribution in [3.05, 3.63) is 41.6 Å². The molecule has 1 aromatic carbocycles. The molecule has 1 atom stereocenters. The molecule has 2 aromatic rings. The molecule has 2 aliphatic heterocycles. The number of amides is 1. The predicted octanol–water partition coefficient (Wildman–Crippen LogP) is 2.66. The first-order valence-electron chi connectivity index (χ1n) is 10.0. The third kappa shape index (κ3) is 4.27. The smallest absolute Gasteiger partial charge is 0.239 e. The zero-order valence-corrected chi connectivity index (χ0v) is 16.6. The van der Waals surface area contributed by atoms with Crippen molar-refractivity contribution in [3.63, 3.8) is 0 Å². The van der Waals surface area contributed by atoms with E-state index in [0.29, 0.717) is 25.6 Å². The minimum atomic E-state index is -0.214. The molecule has 0 spiro atoms. The van der Waals surface area contributed by atoms with Gasteiger partial charge in [0.05, 0.1) is 37.2 Å². The van der Waals surface area contributed by atoms with Crippen molar-refractivity contribution in [2.45, 2.75) is 45.4 Å². The van der Waals surface area contributed by atoms with Gasteiger partial charge in [0.1, 0.15) is 5.82 Å². The number of piperidine rings is 1. The summed E-state index contributed by atoms with van der Waals surface area (Å²) in [5, 5.41) is 7.58. The lowest BCUT2D eigenvalue weighted by molar-refractivity contribution is -0.127. The van der Waals surface area contributed by atoms with Gasteiger partial charge >= 0.3 is 0 Å². The molecule has 1 N–H and O–H groups in total. The SMILES string of the molecule is Cc1ccc(-n2nc(C)cc2NC(=O)CN2CCCCC2C2OCCO2)cc1. The number of anilines is 1. The maximum Gasteiger partial charge on any atom is 0.239 e. The second kappa shape index (κ2) is 8.43. The molecule has 1 aromatic heterocycles. The number of benzene rings is 1.